The number of anilines is 2. The van der Waals surface area contributed by atoms with E-state index >= 15 is 0 Å². The summed E-state index contributed by atoms with van der Waals surface area (Å²) in [7, 11) is 0. The number of fused-ring (bicyclic) bond motifs is 1. The summed E-state index contributed by atoms with van der Waals surface area (Å²) < 4.78 is 13.1. The topological polar surface area (TPSA) is 94.2 Å². The highest BCUT2D eigenvalue weighted by molar-refractivity contribution is 6.06. The van der Waals surface area contributed by atoms with Gasteiger partial charge in [-0.2, -0.15) is 10.1 Å². The lowest BCUT2D eigenvalue weighted by Gasteiger charge is -2.27. The Labute approximate surface area is 162 Å². The van der Waals surface area contributed by atoms with Crippen molar-refractivity contribution in [3.63, 3.8) is 0 Å². The van der Waals surface area contributed by atoms with Gasteiger partial charge in [0.25, 0.3) is 5.91 Å². The fourth-order valence-corrected chi connectivity index (χ4v) is 3.29. The molecule has 0 saturated carbocycles. The first kappa shape index (κ1) is 17.8. The van der Waals surface area contributed by atoms with Gasteiger partial charge in [-0.25, -0.2) is 4.68 Å². The third-order valence-corrected chi connectivity index (χ3v) is 4.50. The molecular formula is C20H21N5O3. The monoisotopic (exact) mass is 379 g/mol. The normalized spacial score (nSPS) is 15.8. The highest BCUT2D eigenvalue weighted by atomic mass is 16.5. The molecule has 1 aliphatic heterocycles. The van der Waals surface area contributed by atoms with Crippen molar-refractivity contribution in [2.75, 3.05) is 17.2 Å². The average molecular weight is 379 g/mol. The fourth-order valence-electron chi connectivity index (χ4n) is 3.29. The van der Waals surface area contributed by atoms with E-state index in [0.29, 0.717) is 41.0 Å². The SMILES string of the molecule is CCOc1ccccc1NC(=O)C1=C(C)Nc2ncnn2[C@H]1c1ccc(C)o1. The molecule has 8 nitrogen and oxygen atoms in total. The smallest absolute Gasteiger partial charge is 0.256 e. The summed E-state index contributed by atoms with van der Waals surface area (Å²) in [6.45, 7) is 6.11. The number of carbonyl (C=O) groups excluding carboxylic acids is 1. The summed E-state index contributed by atoms with van der Waals surface area (Å²) in [5, 5.41) is 10.4. The van der Waals surface area contributed by atoms with Gasteiger partial charge in [0.05, 0.1) is 17.9 Å². The number of carbonyl (C=O) groups is 1. The van der Waals surface area contributed by atoms with Crippen molar-refractivity contribution in [3.8, 4) is 5.75 Å². The second-order valence-electron chi connectivity index (χ2n) is 6.43. The Bertz CT molecular complexity index is 1050. The molecule has 0 aliphatic carbocycles. The number of nitrogens with one attached hydrogen (secondary N) is 2. The number of benzene rings is 1. The molecule has 0 fully saturated rings. The van der Waals surface area contributed by atoms with E-state index in [2.05, 4.69) is 20.7 Å². The van der Waals surface area contributed by atoms with Crippen LogP contribution >= 0.6 is 0 Å². The molecule has 3 heterocycles. The molecule has 0 unspecified atom stereocenters. The molecule has 4 rings (SSSR count). The quantitative estimate of drug-likeness (QED) is 0.705. The second kappa shape index (κ2) is 7.22. The van der Waals surface area contributed by atoms with Gasteiger partial charge in [-0.1, -0.05) is 12.1 Å². The van der Waals surface area contributed by atoms with Gasteiger partial charge >= 0.3 is 0 Å². The lowest BCUT2D eigenvalue weighted by atomic mass is 10.00. The molecule has 2 aromatic heterocycles. The molecule has 28 heavy (non-hydrogen) atoms. The van der Waals surface area contributed by atoms with Gasteiger partial charge in [-0.05, 0) is 45.0 Å². The molecule has 144 valence electrons. The van der Waals surface area contributed by atoms with Crippen LogP contribution in [0.15, 0.2) is 58.4 Å². The number of hydrogen-bond acceptors (Lipinski definition) is 6. The van der Waals surface area contributed by atoms with E-state index < -0.39 is 6.04 Å². The van der Waals surface area contributed by atoms with Crippen LogP contribution < -0.4 is 15.4 Å². The Balaban J connectivity index is 1.73. The summed E-state index contributed by atoms with van der Waals surface area (Å²) in [6, 6.07) is 10.5. The number of ether oxygens (including phenoxy) is 1. The zero-order chi connectivity index (χ0) is 19.7. The first-order valence-corrected chi connectivity index (χ1v) is 9.05. The van der Waals surface area contributed by atoms with E-state index in [1.807, 2.05) is 57.2 Å². The minimum Gasteiger partial charge on any atom is -0.492 e. The molecule has 0 bridgehead atoms. The third kappa shape index (κ3) is 3.13. The van der Waals surface area contributed by atoms with Crippen LogP contribution in [0.3, 0.4) is 0 Å². The van der Waals surface area contributed by atoms with Gasteiger partial charge in [-0.3, -0.25) is 4.79 Å². The average Bonchev–Trinajstić information content (AvgIpc) is 3.31. The minimum atomic E-state index is -0.522. The van der Waals surface area contributed by atoms with E-state index in [1.165, 1.54) is 6.33 Å². The largest absolute Gasteiger partial charge is 0.492 e. The summed E-state index contributed by atoms with van der Waals surface area (Å²) in [5.74, 6) is 2.29. The van der Waals surface area contributed by atoms with E-state index in [0.717, 1.165) is 5.76 Å². The molecule has 1 amide bonds. The predicted octanol–water partition coefficient (Wildman–Crippen LogP) is 3.51. The van der Waals surface area contributed by atoms with Crippen molar-refractivity contribution >= 4 is 17.5 Å². The molecule has 1 atom stereocenters. The van der Waals surface area contributed by atoms with Crippen LogP contribution in [0, 0.1) is 6.92 Å². The van der Waals surface area contributed by atoms with E-state index in [-0.39, 0.29) is 5.91 Å². The Hall–Kier alpha value is -3.55. The molecular weight excluding hydrogens is 358 g/mol. The van der Waals surface area contributed by atoms with Crippen molar-refractivity contribution < 1.29 is 13.9 Å². The lowest BCUT2D eigenvalue weighted by molar-refractivity contribution is -0.113. The summed E-state index contributed by atoms with van der Waals surface area (Å²) in [6.07, 6.45) is 1.45. The van der Waals surface area contributed by atoms with Crippen LogP contribution in [0.4, 0.5) is 11.6 Å². The standard InChI is InChI=1S/C20H21N5O3/c1-4-27-15-8-6-5-7-14(15)24-19(26)17-13(3)23-20-21-11-22-25(20)18(17)16-10-9-12(2)28-16/h5-11,18H,4H2,1-3H3,(H,24,26)(H,21,22,23)/t18-/m0/s1. The van der Waals surface area contributed by atoms with Crippen LogP contribution in [0.1, 0.15) is 31.4 Å². The maximum atomic E-state index is 13.3. The van der Waals surface area contributed by atoms with Crippen molar-refractivity contribution in [3.05, 3.63) is 65.5 Å². The van der Waals surface area contributed by atoms with Gasteiger partial charge in [0.2, 0.25) is 5.95 Å². The number of furan rings is 1. The van der Waals surface area contributed by atoms with Crippen molar-refractivity contribution in [2.24, 2.45) is 0 Å². The number of para-hydroxylation sites is 2. The van der Waals surface area contributed by atoms with Crippen LogP contribution in [0.25, 0.3) is 0 Å². The lowest BCUT2D eigenvalue weighted by Crippen LogP contribution is -2.31. The van der Waals surface area contributed by atoms with Gasteiger partial charge < -0.3 is 19.8 Å². The Morgan fingerprint density at radius 1 is 1.29 bits per heavy atom. The first-order valence-electron chi connectivity index (χ1n) is 9.05. The molecule has 8 heteroatoms. The van der Waals surface area contributed by atoms with Crippen molar-refractivity contribution in [2.45, 2.75) is 26.8 Å². The minimum absolute atomic E-state index is 0.266. The number of amides is 1. The highest BCUT2D eigenvalue weighted by Gasteiger charge is 2.35. The van der Waals surface area contributed by atoms with E-state index in [4.69, 9.17) is 9.15 Å². The Kier molecular flexibility index (Phi) is 4.60. The van der Waals surface area contributed by atoms with Gasteiger partial charge in [0.1, 0.15) is 29.6 Å². The molecule has 3 aromatic rings. The fraction of sp³-hybridized carbons (Fsp3) is 0.250. The maximum absolute atomic E-state index is 13.3. The van der Waals surface area contributed by atoms with E-state index in [1.54, 1.807) is 4.68 Å². The Morgan fingerprint density at radius 2 is 2.11 bits per heavy atom. The van der Waals surface area contributed by atoms with Crippen molar-refractivity contribution in [1.29, 1.82) is 0 Å². The van der Waals surface area contributed by atoms with Gasteiger partial charge in [0, 0.05) is 5.70 Å². The summed E-state index contributed by atoms with van der Waals surface area (Å²) >= 11 is 0. The molecule has 1 aromatic carbocycles. The molecule has 2 N–H and O–H groups in total. The molecule has 0 radical (unpaired) electrons. The zero-order valence-electron chi connectivity index (χ0n) is 15.9. The maximum Gasteiger partial charge on any atom is 0.256 e. The number of rotatable bonds is 5. The first-order chi connectivity index (χ1) is 13.6. The van der Waals surface area contributed by atoms with Crippen molar-refractivity contribution in [1.82, 2.24) is 14.8 Å². The number of allylic oxidation sites excluding steroid dienone is 1. The zero-order valence-corrected chi connectivity index (χ0v) is 15.9. The second-order valence-corrected chi connectivity index (χ2v) is 6.43. The number of aromatic nitrogens is 3. The number of aryl methyl sites for hydroxylation is 1. The molecule has 0 spiro atoms. The van der Waals surface area contributed by atoms with Crippen LogP contribution in [-0.2, 0) is 4.79 Å². The number of hydrogen-bond donors (Lipinski definition) is 2. The predicted molar refractivity (Wildman–Crippen MR) is 104 cm³/mol. The van der Waals surface area contributed by atoms with Gasteiger partial charge in [0.15, 0.2) is 0 Å². The summed E-state index contributed by atoms with van der Waals surface area (Å²) in [4.78, 5) is 17.5. The van der Waals surface area contributed by atoms with Crippen LogP contribution in [0.2, 0.25) is 0 Å². The van der Waals surface area contributed by atoms with Gasteiger partial charge in [-0.15, -0.1) is 0 Å². The summed E-state index contributed by atoms with van der Waals surface area (Å²) in [5.41, 5.74) is 1.79. The molecule has 0 saturated heterocycles. The molecule has 1 aliphatic rings. The van der Waals surface area contributed by atoms with Crippen LogP contribution in [-0.4, -0.2) is 27.3 Å². The van der Waals surface area contributed by atoms with Crippen LogP contribution in [0.5, 0.6) is 5.75 Å². The third-order valence-electron chi connectivity index (χ3n) is 4.50. The van der Waals surface area contributed by atoms with E-state index in [9.17, 15) is 4.79 Å². The highest BCUT2D eigenvalue weighted by Crippen LogP contribution is 2.36. The number of nitrogens with zero attached hydrogens (tertiary/aromatic N) is 3. The Morgan fingerprint density at radius 3 is 2.86 bits per heavy atom.